The molecule has 0 unspecified atom stereocenters. The van der Waals surface area contributed by atoms with Gasteiger partial charge in [-0.15, -0.1) is 0 Å². The molecule has 0 aromatic carbocycles. The zero-order valence-electron chi connectivity index (χ0n) is 13.4. The molecule has 4 heteroatoms. The topological polar surface area (TPSA) is 55.7 Å². The van der Waals surface area contributed by atoms with Crippen molar-refractivity contribution >= 4 is 12.0 Å². The summed E-state index contributed by atoms with van der Waals surface area (Å²) in [5.41, 5.74) is -0.998. The van der Waals surface area contributed by atoms with Crippen LogP contribution in [0, 0.1) is 5.92 Å². The minimum absolute atomic E-state index is 0.0834. The van der Waals surface area contributed by atoms with E-state index in [0.29, 0.717) is 12.8 Å². The van der Waals surface area contributed by atoms with E-state index in [9.17, 15) is 9.59 Å². The van der Waals surface area contributed by atoms with Gasteiger partial charge in [0.15, 0.2) is 0 Å². The average Bonchev–Trinajstić information content (AvgIpc) is 2.39. The number of aliphatic imine (C=N–C) groups is 1. The van der Waals surface area contributed by atoms with Gasteiger partial charge >= 0.3 is 5.97 Å². The molecule has 0 aliphatic heterocycles. The first-order valence-corrected chi connectivity index (χ1v) is 7.90. The van der Waals surface area contributed by atoms with Crippen LogP contribution >= 0.6 is 0 Å². The minimum atomic E-state index is -0.998. The van der Waals surface area contributed by atoms with Gasteiger partial charge in [-0.2, -0.15) is 4.99 Å². The van der Waals surface area contributed by atoms with Crippen LogP contribution in [0.1, 0.15) is 79.1 Å². The first kappa shape index (κ1) is 18.9. The second kappa shape index (κ2) is 10.6. The lowest BCUT2D eigenvalue weighted by Gasteiger charge is -2.29. The second-order valence-corrected chi connectivity index (χ2v) is 5.34. The molecular formula is C16H29NO3. The fourth-order valence-corrected chi connectivity index (χ4v) is 2.57. The predicted molar refractivity (Wildman–Crippen MR) is 80.1 cm³/mol. The molecular weight excluding hydrogens is 254 g/mol. The maximum absolute atomic E-state index is 12.4. The lowest BCUT2D eigenvalue weighted by atomic mass is 9.97. The van der Waals surface area contributed by atoms with Gasteiger partial charge in [-0.1, -0.05) is 53.4 Å². The van der Waals surface area contributed by atoms with Gasteiger partial charge in [-0.25, -0.2) is 4.79 Å². The zero-order valence-corrected chi connectivity index (χ0v) is 13.4. The molecule has 0 aromatic heterocycles. The summed E-state index contributed by atoms with van der Waals surface area (Å²) in [5.74, 6) is -0.297. The van der Waals surface area contributed by atoms with E-state index in [1.54, 1.807) is 6.08 Å². The van der Waals surface area contributed by atoms with E-state index in [0.717, 1.165) is 38.5 Å². The van der Waals surface area contributed by atoms with E-state index in [4.69, 9.17) is 4.74 Å². The van der Waals surface area contributed by atoms with Gasteiger partial charge in [0.25, 0.3) is 0 Å². The Morgan fingerprint density at radius 2 is 1.55 bits per heavy atom. The number of hydrogen-bond donors (Lipinski definition) is 0. The summed E-state index contributed by atoms with van der Waals surface area (Å²) in [6.45, 7) is 8.11. The molecule has 0 heterocycles. The highest BCUT2D eigenvalue weighted by atomic mass is 16.6. The van der Waals surface area contributed by atoms with Gasteiger partial charge in [0.1, 0.15) is 0 Å². The maximum Gasteiger partial charge on any atom is 0.311 e. The van der Waals surface area contributed by atoms with Crippen LogP contribution in [0.4, 0.5) is 0 Å². The molecule has 0 aliphatic carbocycles. The van der Waals surface area contributed by atoms with E-state index in [-0.39, 0.29) is 11.9 Å². The molecule has 4 nitrogen and oxygen atoms in total. The summed E-state index contributed by atoms with van der Waals surface area (Å²) in [6.07, 6.45) is 7.91. The first-order valence-electron chi connectivity index (χ1n) is 7.90. The van der Waals surface area contributed by atoms with Crippen molar-refractivity contribution in [1.29, 1.82) is 0 Å². The summed E-state index contributed by atoms with van der Waals surface area (Å²) in [4.78, 5) is 26.9. The lowest BCUT2D eigenvalue weighted by Crippen LogP contribution is -2.35. The molecule has 0 radical (unpaired) electrons. The van der Waals surface area contributed by atoms with E-state index < -0.39 is 5.72 Å². The number of nitrogens with zero attached hydrogens (tertiary/aromatic N) is 1. The van der Waals surface area contributed by atoms with Gasteiger partial charge in [-0.3, -0.25) is 4.79 Å². The molecule has 0 N–H and O–H groups in total. The Morgan fingerprint density at radius 1 is 1.05 bits per heavy atom. The van der Waals surface area contributed by atoms with Crippen LogP contribution in [0.3, 0.4) is 0 Å². The van der Waals surface area contributed by atoms with Crippen molar-refractivity contribution < 1.29 is 14.3 Å². The number of hydrogen-bond acceptors (Lipinski definition) is 4. The molecule has 0 aromatic rings. The van der Waals surface area contributed by atoms with Crippen LogP contribution in [0.25, 0.3) is 0 Å². The van der Waals surface area contributed by atoms with Crippen LogP contribution < -0.4 is 0 Å². The smallest absolute Gasteiger partial charge is 0.311 e. The lowest BCUT2D eigenvalue weighted by molar-refractivity contribution is -0.166. The average molecular weight is 283 g/mol. The molecule has 0 bridgehead atoms. The van der Waals surface area contributed by atoms with E-state index >= 15 is 0 Å². The number of carbonyl (C=O) groups excluding carboxylic acids is 2. The Bertz CT molecular complexity index is 310. The van der Waals surface area contributed by atoms with Crippen molar-refractivity contribution in [3.8, 4) is 0 Å². The summed E-state index contributed by atoms with van der Waals surface area (Å²) in [5, 5.41) is 0. The van der Waals surface area contributed by atoms with Crippen molar-refractivity contribution in [2.75, 3.05) is 0 Å². The third-order valence-corrected chi connectivity index (χ3v) is 3.43. The van der Waals surface area contributed by atoms with E-state index in [2.05, 4.69) is 18.8 Å². The fourth-order valence-electron chi connectivity index (χ4n) is 2.57. The number of isocyanates is 1. The van der Waals surface area contributed by atoms with Crippen molar-refractivity contribution in [2.24, 2.45) is 10.9 Å². The van der Waals surface area contributed by atoms with E-state index in [1.807, 2.05) is 13.8 Å². The maximum atomic E-state index is 12.4. The van der Waals surface area contributed by atoms with Crippen molar-refractivity contribution in [1.82, 2.24) is 0 Å². The van der Waals surface area contributed by atoms with Crippen molar-refractivity contribution in [3.63, 3.8) is 0 Å². The number of carbonyl (C=O) groups is 1. The van der Waals surface area contributed by atoms with Crippen LogP contribution in [0.15, 0.2) is 4.99 Å². The quantitative estimate of drug-likeness (QED) is 0.321. The zero-order chi connectivity index (χ0) is 15.4. The number of rotatable bonds is 11. The summed E-state index contributed by atoms with van der Waals surface area (Å²) in [6, 6.07) is 0. The van der Waals surface area contributed by atoms with Crippen LogP contribution in [-0.4, -0.2) is 17.8 Å². The fraction of sp³-hybridized carbons (Fsp3) is 0.875. The van der Waals surface area contributed by atoms with Crippen LogP contribution in [-0.2, 0) is 14.3 Å². The van der Waals surface area contributed by atoms with Crippen molar-refractivity contribution in [3.05, 3.63) is 0 Å². The van der Waals surface area contributed by atoms with Crippen LogP contribution in [0.5, 0.6) is 0 Å². The van der Waals surface area contributed by atoms with Gasteiger partial charge < -0.3 is 4.74 Å². The molecule has 0 fully saturated rings. The second-order valence-electron chi connectivity index (χ2n) is 5.34. The van der Waals surface area contributed by atoms with Crippen LogP contribution in [0.2, 0.25) is 0 Å². The Balaban J connectivity index is 5.00. The third-order valence-electron chi connectivity index (χ3n) is 3.43. The highest BCUT2D eigenvalue weighted by molar-refractivity contribution is 5.73. The highest BCUT2D eigenvalue weighted by Gasteiger charge is 2.34. The molecule has 0 amide bonds. The van der Waals surface area contributed by atoms with Gasteiger partial charge in [-0.05, 0) is 12.8 Å². The molecule has 0 saturated carbocycles. The Labute approximate surface area is 123 Å². The molecule has 0 rings (SSSR count). The Hall–Kier alpha value is -1.15. The van der Waals surface area contributed by atoms with Crippen molar-refractivity contribution in [2.45, 2.75) is 84.8 Å². The highest BCUT2D eigenvalue weighted by Crippen LogP contribution is 2.28. The summed E-state index contributed by atoms with van der Waals surface area (Å²) in [7, 11) is 0. The monoisotopic (exact) mass is 283 g/mol. The molecule has 0 saturated heterocycles. The molecule has 116 valence electrons. The summed E-state index contributed by atoms with van der Waals surface area (Å²) >= 11 is 0. The Morgan fingerprint density at radius 3 is 1.90 bits per heavy atom. The van der Waals surface area contributed by atoms with E-state index in [1.165, 1.54) is 0 Å². The first-order chi connectivity index (χ1) is 9.59. The predicted octanol–water partition coefficient (Wildman–Crippen LogP) is 4.38. The Kier molecular flexibility index (Phi) is 10.0. The normalized spacial score (nSPS) is 11.2. The SMILES string of the molecule is CCCC(CCC)C(=O)OC(CCC)(CCC)N=C=O. The minimum Gasteiger partial charge on any atom is -0.436 e. The number of ether oxygens (including phenoxy) is 1. The molecule has 20 heavy (non-hydrogen) atoms. The number of esters is 1. The van der Waals surface area contributed by atoms with Gasteiger partial charge in [0.2, 0.25) is 11.8 Å². The molecule has 0 atom stereocenters. The third kappa shape index (κ3) is 6.33. The molecule has 0 spiro atoms. The standard InChI is InChI=1S/C16H29NO3/c1-5-9-14(10-6-2)15(19)20-16(11-7-3,12-8-4)17-13-18/h14H,5-12H2,1-4H3. The summed E-state index contributed by atoms with van der Waals surface area (Å²) < 4.78 is 5.66. The van der Waals surface area contributed by atoms with Gasteiger partial charge in [0.05, 0.1) is 5.92 Å². The molecule has 0 aliphatic rings. The van der Waals surface area contributed by atoms with Gasteiger partial charge in [0, 0.05) is 12.8 Å². The largest absolute Gasteiger partial charge is 0.436 e.